The molecule has 0 aromatic carbocycles. The average Bonchev–Trinajstić information content (AvgIpc) is 2.15. The van der Waals surface area contributed by atoms with Crippen molar-refractivity contribution in [3.63, 3.8) is 0 Å². The van der Waals surface area contributed by atoms with Crippen molar-refractivity contribution in [1.82, 2.24) is 5.48 Å². The van der Waals surface area contributed by atoms with Crippen LogP contribution in [0.4, 0.5) is 0 Å². The molecule has 2 fully saturated rings. The number of hydrogen-bond acceptors (Lipinski definition) is 3. The zero-order valence-electron chi connectivity index (χ0n) is 4.59. The van der Waals surface area contributed by atoms with Gasteiger partial charge < -0.3 is 4.74 Å². The van der Waals surface area contributed by atoms with E-state index in [1.54, 1.807) is 0 Å². The highest BCUT2D eigenvalue weighted by Gasteiger charge is 2.33. The smallest absolute Gasteiger partial charge is 0.100 e. The Kier molecular flexibility index (Phi) is 0.997. The molecule has 2 saturated heterocycles. The molecular formula is C5H9NO2. The lowest BCUT2D eigenvalue weighted by molar-refractivity contribution is 0.0414. The molecule has 0 spiro atoms. The molecule has 0 saturated carbocycles. The second kappa shape index (κ2) is 1.69. The summed E-state index contributed by atoms with van der Waals surface area (Å²) in [7, 11) is 0. The van der Waals surface area contributed by atoms with Gasteiger partial charge in [0.2, 0.25) is 0 Å². The summed E-state index contributed by atoms with van der Waals surface area (Å²) in [4.78, 5) is 4.94. The van der Waals surface area contributed by atoms with E-state index in [2.05, 4.69) is 5.48 Å². The number of hydrogen-bond donors (Lipinski definition) is 1. The average molecular weight is 115 g/mol. The summed E-state index contributed by atoms with van der Waals surface area (Å²) < 4.78 is 5.29. The molecule has 2 aliphatic heterocycles. The molecule has 0 aliphatic carbocycles. The molecule has 2 aliphatic rings. The largest absolute Gasteiger partial charge is 0.374 e. The second-order valence-electron chi connectivity index (χ2n) is 2.23. The first-order valence-corrected chi connectivity index (χ1v) is 2.96. The zero-order chi connectivity index (χ0) is 5.40. The van der Waals surface area contributed by atoms with Crippen LogP contribution in [-0.4, -0.2) is 25.4 Å². The van der Waals surface area contributed by atoms with Crippen LogP contribution in [0.5, 0.6) is 0 Å². The van der Waals surface area contributed by atoms with Crippen LogP contribution in [-0.2, 0) is 9.57 Å². The lowest BCUT2D eigenvalue weighted by atomic mass is 10.2. The van der Waals surface area contributed by atoms with Gasteiger partial charge in [-0.2, -0.15) is 5.48 Å². The zero-order valence-corrected chi connectivity index (χ0v) is 4.59. The topological polar surface area (TPSA) is 30.5 Å². The van der Waals surface area contributed by atoms with E-state index in [-0.39, 0.29) is 0 Å². The van der Waals surface area contributed by atoms with Gasteiger partial charge in [-0.1, -0.05) is 0 Å². The predicted octanol–water partition coefficient (Wildman–Crippen LogP) is -0.321. The van der Waals surface area contributed by atoms with Gasteiger partial charge in [0, 0.05) is 6.61 Å². The lowest BCUT2D eigenvalue weighted by Crippen LogP contribution is -2.24. The minimum Gasteiger partial charge on any atom is -0.374 e. The first kappa shape index (κ1) is 4.73. The van der Waals surface area contributed by atoms with Gasteiger partial charge >= 0.3 is 0 Å². The van der Waals surface area contributed by atoms with Crippen LogP contribution < -0.4 is 5.48 Å². The van der Waals surface area contributed by atoms with E-state index in [4.69, 9.17) is 9.57 Å². The van der Waals surface area contributed by atoms with E-state index in [1.165, 1.54) is 0 Å². The summed E-state index contributed by atoms with van der Waals surface area (Å²) in [5.74, 6) is 0. The Bertz CT molecular complexity index is 76.4. The van der Waals surface area contributed by atoms with Gasteiger partial charge in [0.15, 0.2) is 0 Å². The summed E-state index contributed by atoms with van der Waals surface area (Å²) in [5, 5.41) is 0. The van der Waals surface area contributed by atoms with Gasteiger partial charge in [-0.15, -0.1) is 0 Å². The highest BCUT2D eigenvalue weighted by molar-refractivity contribution is 4.82. The third kappa shape index (κ3) is 0.555. The van der Waals surface area contributed by atoms with Crippen LogP contribution >= 0.6 is 0 Å². The minimum atomic E-state index is 0.343. The molecule has 46 valence electrons. The molecule has 1 N–H and O–H groups in total. The monoisotopic (exact) mass is 115 g/mol. The van der Waals surface area contributed by atoms with Gasteiger partial charge in [-0.3, -0.25) is 4.84 Å². The van der Waals surface area contributed by atoms with Crippen LogP contribution in [0.1, 0.15) is 6.42 Å². The second-order valence-corrected chi connectivity index (χ2v) is 2.23. The van der Waals surface area contributed by atoms with Crippen LogP contribution in [0.2, 0.25) is 0 Å². The van der Waals surface area contributed by atoms with E-state index in [0.29, 0.717) is 12.1 Å². The molecule has 3 nitrogen and oxygen atoms in total. The van der Waals surface area contributed by atoms with E-state index < -0.39 is 0 Å². The van der Waals surface area contributed by atoms with Crippen molar-refractivity contribution in [3.8, 4) is 0 Å². The fraction of sp³-hybridized carbons (Fsp3) is 1.00. The molecule has 8 heavy (non-hydrogen) atoms. The van der Waals surface area contributed by atoms with E-state index in [9.17, 15) is 0 Å². The van der Waals surface area contributed by atoms with Crippen molar-refractivity contribution in [3.05, 3.63) is 0 Å². The van der Waals surface area contributed by atoms with Gasteiger partial charge in [-0.05, 0) is 6.42 Å². The SMILES string of the molecule is C1CC2NOCC2O1. The molecule has 2 atom stereocenters. The predicted molar refractivity (Wildman–Crippen MR) is 27.2 cm³/mol. The number of nitrogens with one attached hydrogen (secondary N) is 1. The van der Waals surface area contributed by atoms with Crippen molar-refractivity contribution in [1.29, 1.82) is 0 Å². The first-order valence-electron chi connectivity index (χ1n) is 2.96. The first-order chi connectivity index (χ1) is 3.97. The van der Waals surface area contributed by atoms with Crippen molar-refractivity contribution in [2.75, 3.05) is 13.2 Å². The van der Waals surface area contributed by atoms with Crippen LogP contribution in [0.25, 0.3) is 0 Å². The highest BCUT2D eigenvalue weighted by atomic mass is 16.7. The Morgan fingerprint density at radius 3 is 3.38 bits per heavy atom. The molecule has 0 aromatic heterocycles. The lowest BCUT2D eigenvalue weighted by Gasteiger charge is -2.00. The van der Waals surface area contributed by atoms with Crippen molar-refractivity contribution in [2.45, 2.75) is 18.6 Å². The fourth-order valence-corrected chi connectivity index (χ4v) is 1.18. The molecule has 2 unspecified atom stereocenters. The van der Waals surface area contributed by atoms with E-state index in [0.717, 1.165) is 19.6 Å². The number of ether oxygens (including phenoxy) is 1. The third-order valence-corrected chi connectivity index (χ3v) is 1.69. The molecule has 2 rings (SSSR count). The van der Waals surface area contributed by atoms with E-state index >= 15 is 0 Å². The normalized spacial score (nSPS) is 45.0. The molecule has 0 aromatic rings. The van der Waals surface area contributed by atoms with Crippen LogP contribution in [0, 0.1) is 0 Å². The van der Waals surface area contributed by atoms with Crippen LogP contribution in [0.15, 0.2) is 0 Å². The van der Waals surface area contributed by atoms with Crippen LogP contribution in [0.3, 0.4) is 0 Å². The molecule has 2 heterocycles. The van der Waals surface area contributed by atoms with Crippen molar-refractivity contribution < 1.29 is 9.57 Å². The minimum absolute atomic E-state index is 0.343. The van der Waals surface area contributed by atoms with Gasteiger partial charge in [0.1, 0.15) is 6.10 Å². The Hall–Kier alpha value is -0.120. The molecular weight excluding hydrogens is 106 g/mol. The fourth-order valence-electron chi connectivity index (χ4n) is 1.18. The highest BCUT2D eigenvalue weighted by Crippen LogP contribution is 2.17. The van der Waals surface area contributed by atoms with Gasteiger partial charge in [0.05, 0.1) is 12.6 Å². The summed E-state index contributed by atoms with van der Waals surface area (Å²) in [5.41, 5.74) is 2.89. The Morgan fingerprint density at radius 2 is 2.50 bits per heavy atom. The molecule has 0 amide bonds. The van der Waals surface area contributed by atoms with Crippen molar-refractivity contribution >= 4 is 0 Å². The summed E-state index contributed by atoms with van der Waals surface area (Å²) in [6.07, 6.45) is 1.44. The van der Waals surface area contributed by atoms with Crippen molar-refractivity contribution in [2.24, 2.45) is 0 Å². The summed E-state index contributed by atoms with van der Waals surface area (Å²) in [6, 6.07) is 0.481. The quantitative estimate of drug-likeness (QED) is 0.469. The Labute approximate surface area is 47.9 Å². The van der Waals surface area contributed by atoms with E-state index in [1.807, 2.05) is 0 Å². The van der Waals surface area contributed by atoms with Gasteiger partial charge in [0.25, 0.3) is 0 Å². The Morgan fingerprint density at radius 1 is 1.50 bits per heavy atom. The summed E-state index contributed by atoms with van der Waals surface area (Å²) >= 11 is 0. The number of hydroxylamine groups is 1. The molecule has 0 radical (unpaired) electrons. The molecule has 0 bridgehead atoms. The van der Waals surface area contributed by atoms with Gasteiger partial charge in [-0.25, -0.2) is 0 Å². The standard InChI is InChI=1S/C5H9NO2/c1-2-7-5-3-8-6-4(1)5/h4-6H,1-3H2. The maximum Gasteiger partial charge on any atom is 0.100 e. The Balaban J connectivity index is 2.04. The number of fused-ring (bicyclic) bond motifs is 1. The number of rotatable bonds is 0. The maximum absolute atomic E-state index is 5.29. The maximum atomic E-state index is 5.29. The third-order valence-electron chi connectivity index (χ3n) is 1.69. The summed E-state index contributed by atoms with van der Waals surface area (Å²) in [6.45, 7) is 1.62. The molecule has 3 heteroatoms.